The van der Waals surface area contributed by atoms with Gasteiger partial charge in [-0.1, -0.05) is 19.3 Å². The number of nitrogens with two attached hydrogens (primary N) is 1. The zero-order valence-corrected chi connectivity index (χ0v) is 16.4. The van der Waals surface area contributed by atoms with Crippen LogP contribution in [0.15, 0.2) is 17.0 Å². The molecule has 2 aliphatic rings. The minimum absolute atomic E-state index is 0.0233. The second kappa shape index (κ2) is 8.11. The summed E-state index contributed by atoms with van der Waals surface area (Å²) in [4.78, 5) is 11.5. The number of carbonyl (C=O) groups excluding carboxylic acids is 1. The molecule has 5 N–H and O–H groups in total. The van der Waals surface area contributed by atoms with Crippen molar-refractivity contribution in [1.29, 1.82) is 0 Å². The van der Waals surface area contributed by atoms with Crippen LogP contribution in [0.4, 0.5) is 18.9 Å². The van der Waals surface area contributed by atoms with Crippen LogP contribution >= 0.6 is 0 Å². The minimum Gasteiger partial charge on any atom is -0.506 e. The Morgan fingerprint density at radius 3 is 2.41 bits per heavy atom. The van der Waals surface area contributed by atoms with Crippen LogP contribution in [-0.4, -0.2) is 37.4 Å². The largest absolute Gasteiger partial charge is 0.506 e. The van der Waals surface area contributed by atoms with Gasteiger partial charge in [0.25, 0.3) is 5.92 Å². The second-order valence-electron chi connectivity index (χ2n) is 7.80. The average Bonchev–Trinajstić information content (AvgIpc) is 2.62. The van der Waals surface area contributed by atoms with Crippen molar-refractivity contribution in [3.05, 3.63) is 17.9 Å². The van der Waals surface area contributed by atoms with Crippen molar-refractivity contribution in [2.45, 2.75) is 67.8 Å². The fourth-order valence-corrected chi connectivity index (χ4v) is 5.13. The lowest BCUT2D eigenvalue weighted by Crippen LogP contribution is -2.50. The van der Waals surface area contributed by atoms with E-state index in [2.05, 4.69) is 5.32 Å². The number of phenols is 1. The van der Waals surface area contributed by atoms with Gasteiger partial charge in [-0.05, 0) is 24.8 Å². The third-order valence-corrected chi connectivity index (χ3v) is 7.02. The average molecular weight is 435 g/mol. The molecule has 1 atom stereocenters. The van der Waals surface area contributed by atoms with E-state index in [1.165, 1.54) is 0 Å². The van der Waals surface area contributed by atoms with Gasteiger partial charge in [0.1, 0.15) is 16.5 Å². The number of anilines is 1. The van der Waals surface area contributed by atoms with Gasteiger partial charge in [0, 0.05) is 24.9 Å². The molecular weight excluding hydrogens is 411 g/mol. The van der Waals surface area contributed by atoms with E-state index in [0.717, 1.165) is 38.2 Å². The molecule has 2 saturated carbocycles. The SMILES string of the molecule is N[C@H](C(=O)Nc1cc(O)c(S(=O)(=O)NC2CC(F)(F)C2)cc1F)C1CCCCC1. The first-order chi connectivity index (χ1) is 13.5. The number of aromatic hydroxyl groups is 1. The molecule has 0 aliphatic heterocycles. The maximum atomic E-state index is 14.4. The molecule has 0 saturated heterocycles. The number of phenolic OH excluding ortho intramolecular Hbond substituents is 1. The van der Waals surface area contributed by atoms with Crippen molar-refractivity contribution in [2.24, 2.45) is 11.7 Å². The van der Waals surface area contributed by atoms with Crippen molar-refractivity contribution >= 4 is 21.6 Å². The van der Waals surface area contributed by atoms with Crippen LogP contribution in [-0.2, 0) is 14.8 Å². The number of nitrogens with one attached hydrogen (secondary N) is 2. The number of halogens is 3. The molecule has 0 aromatic heterocycles. The zero-order valence-electron chi connectivity index (χ0n) is 15.6. The zero-order chi connectivity index (χ0) is 21.4. The molecule has 1 aromatic carbocycles. The molecule has 2 aliphatic carbocycles. The first-order valence-electron chi connectivity index (χ1n) is 9.48. The maximum Gasteiger partial charge on any atom is 0.251 e. The smallest absolute Gasteiger partial charge is 0.251 e. The summed E-state index contributed by atoms with van der Waals surface area (Å²) in [7, 11) is -4.41. The molecule has 162 valence electrons. The number of carbonyl (C=O) groups is 1. The van der Waals surface area contributed by atoms with E-state index < -0.39 is 68.9 Å². The topological polar surface area (TPSA) is 122 Å². The highest BCUT2D eigenvalue weighted by Gasteiger charge is 2.47. The number of hydrogen-bond donors (Lipinski definition) is 4. The molecule has 29 heavy (non-hydrogen) atoms. The molecule has 7 nitrogen and oxygen atoms in total. The van der Waals surface area contributed by atoms with Crippen LogP contribution in [0.5, 0.6) is 5.75 Å². The van der Waals surface area contributed by atoms with E-state index >= 15 is 0 Å². The van der Waals surface area contributed by atoms with Gasteiger partial charge < -0.3 is 16.2 Å². The molecule has 0 heterocycles. The lowest BCUT2D eigenvalue weighted by atomic mass is 9.84. The van der Waals surface area contributed by atoms with Crippen LogP contribution in [0.2, 0.25) is 0 Å². The molecule has 0 unspecified atom stereocenters. The Balaban J connectivity index is 1.71. The summed E-state index contributed by atoms with van der Waals surface area (Å²) in [6, 6.07) is -0.534. The van der Waals surface area contributed by atoms with Crippen LogP contribution in [0.25, 0.3) is 0 Å². The third kappa shape index (κ3) is 5.01. The summed E-state index contributed by atoms with van der Waals surface area (Å²) in [6.07, 6.45) is 3.28. The van der Waals surface area contributed by atoms with Crippen LogP contribution in [0, 0.1) is 11.7 Å². The van der Waals surface area contributed by atoms with Crippen LogP contribution in [0.1, 0.15) is 44.9 Å². The molecule has 3 rings (SSSR count). The highest BCUT2D eigenvalue weighted by Crippen LogP contribution is 2.39. The van der Waals surface area contributed by atoms with E-state index in [0.29, 0.717) is 6.07 Å². The van der Waals surface area contributed by atoms with E-state index in [9.17, 15) is 31.5 Å². The van der Waals surface area contributed by atoms with Gasteiger partial charge in [-0.25, -0.2) is 26.3 Å². The predicted octanol–water partition coefficient (Wildman–Crippen LogP) is 2.45. The Labute approximate surface area is 166 Å². The van der Waals surface area contributed by atoms with Crippen molar-refractivity contribution < 1.29 is 31.5 Å². The van der Waals surface area contributed by atoms with E-state index in [-0.39, 0.29) is 5.92 Å². The van der Waals surface area contributed by atoms with Gasteiger partial charge in [-0.15, -0.1) is 0 Å². The van der Waals surface area contributed by atoms with Crippen LogP contribution < -0.4 is 15.8 Å². The maximum absolute atomic E-state index is 14.4. The van der Waals surface area contributed by atoms with E-state index in [1.807, 2.05) is 4.72 Å². The van der Waals surface area contributed by atoms with Gasteiger partial charge in [0.05, 0.1) is 11.7 Å². The molecule has 11 heteroatoms. The Bertz CT molecular complexity index is 881. The number of amides is 1. The van der Waals surface area contributed by atoms with Crippen molar-refractivity contribution in [2.75, 3.05) is 5.32 Å². The number of alkyl halides is 2. The summed E-state index contributed by atoms with van der Waals surface area (Å²) in [6.45, 7) is 0. The second-order valence-corrected chi connectivity index (χ2v) is 9.48. The fraction of sp³-hybridized carbons (Fsp3) is 0.611. The Morgan fingerprint density at radius 2 is 1.83 bits per heavy atom. The third-order valence-electron chi connectivity index (χ3n) is 5.47. The number of benzene rings is 1. The van der Waals surface area contributed by atoms with Gasteiger partial charge in [-0.2, -0.15) is 0 Å². The molecule has 1 aromatic rings. The van der Waals surface area contributed by atoms with Crippen molar-refractivity contribution in [3.8, 4) is 5.75 Å². The normalized spacial score (nSPS) is 21.4. The Morgan fingerprint density at radius 1 is 1.21 bits per heavy atom. The highest BCUT2D eigenvalue weighted by atomic mass is 32.2. The van der Waals surface area contributed by atoms with E-state index in [4.69, 9.17) is 5.73 Å². The number of rotatable bonds is 6. The molecule has 0 bridgehead atoms. The lowest BCUT2D eigenvalue weighted by molar-refractivity contribution is -0.118. The lowest BCUT2D eigenvalue weighted by Gasteiger charge is -2.35. The minimum atomic E-state index is -4.41. The molecule has 0 radical (unpaired) electrons. The van der Waals surface area contributed by atoms with Crippen molar-refractivity contribution in [3.63, 3.8) is 0 Å². The first kappa shape index (κ1) is 21.8. The number of hydrogen-bond acceptors (Lipinski definition) is 5. The highest BCUT2D eigenvalue weighted by molar-refractivity contribution is 7.89. The summed E-state index contributed by atoms with van der Waals surface area (Å²) in [5.74, 6) is -5.49. The summed E-state index contributed by atoms with van der Waals surface area (Å²) in [5, 5.41) is 12.3. The van der Waals surface area contributed by atoms with Gasteiger partial charge in [0.2, 0.25) is 15.9 Å². The predicted molar refractivity (Wildman–Crippen MR) is 99.5 cm³/mol. The monoisotopic (exact) mass is 435 g/mol. The summed E-state index contributed by atoms with van der Waals surface area (Å²) < 4.78 is 66.7. The van der Waals surface area contributed by atoms with E-state index in [1.54, 1.807) is 0 Å². The Kier molecular flexibility index (Phi) is 6.11. The standard InChI is InChI=1S/C18H24F3N3O4S/c19-12-6-15(29(27,28)24-11-8-18(20,21)9-11)14(25)7-13(12)23-17(26)16(22)10-4-2-1-3-5-10/h6-7,10-11,16,24-25H,1-5,8-9,22H2,(H,23,26)/t16-/m0/s1. The molecule has 0 spiro atoms. The van der Waals surface area contributed by atoms with Gasteiger partial charge in [-0.3, -0.25) is 4.79 Å². The molecule has 2 fully saturated rings. The number of sulfonamides is 1. The Hall–Kier alpha value is -1.85. The van der Waals surface area contributed by atoms with Gasteiger partial charge >= 0.3 is 0 Å². The molecular formula is C18H24F3N3O4S. The fourth-order valence-electron chi connectivity index (χ4n) is 3.81. The summed E-state index contributed by atoms with van der Waals surface area (Å²) in [5.41, 5.74) is 5.55. The summed E-state index contributed by atoms with van der Waals surface area (Å²) >= 11 is 0. The first-order valence-corrected chi connectivity index (χ1v) is 11.0. The van der Waals surface area contributed by atoms with Gasteiger partial charge in [0.15, 0.2) is 0 Å². The quantitative estimate of drug-likeness (QED) is 0.547. The van der Waals surface area contributed by atoms with Crippen molar-refractivity contribution in [1.82, 2.24) is 4.72 Å². The molecule has 1 amide bonds. The van der Waals surface area contributed by atoms with Crippen LogP contribution in [0.3, 0.4) is 0 Å².